The van der Waals surface area contributed by atoms with Crippen LogP contribution in [0.4, 0.5) is 0 Å². The predicted octanol–water partition coefficient (Wildman–Crippen LogP) is 3.91. The molecule has 0 aliphatic rings. The second-order valence-electron chi connectivity index (χ2n) is 7.32. The lowest BCUT2D eigenvalue weighted by Gasteiger charge is -2.23. The monoisotopic (exact) mass is 397 g/mol. The van der Waals surface area contributed by atoms with Crippen LogP contribution >= 0.6 is 11.8 Å². The Morgan fingerprint density at radius 1 is 1.18 bits per heavy atom. The van der Waals surface area contributed by atoms with E-state index in [2.05, 4.69) is 65.4 Å². The molecule has 0 bridgehead atoms. The third kappa shape index (κ3) is 4.70. The number of amides is 1. The Hall–Kier alpha value is -2.41. The summed E-state index contributed by atoms with van der Waals surface area (Å²) in [6, 6.07) is 10.4. The zero-order valence-electron chi connectivity index (χ0n) is 17.1. The van der Waals surface area contributed by atoms with Crippen molar-refractivity contribution in [3.8, 4) is 0 Å². The summed E-state index contributed by atoms with van der Waals surface area (Å²) in [6.45, 7) is 10.3. The van der Waals surface area contributed by atoms with Gasteiger partial charge in [-0.15, -0.1) is 5.10 Å². The summed E-state index contributed by atoms with van der Waals surface area (Å²) in [5.74, 6) is 1.11. The average Bonchev–Trinajstić information content (AvgIpc) is 3.07. The molecular weight excluding hydrogens is 370 g/mol. The number of carbonyl (C=O) groups is 1. The first-order valence-electron chi connectivity index (χ1n) is 9.59. The maximum absolute atomic E-state index is 12.6. The fourth-order valence-corrected chi connectivity index (χ4v) is 3.78. The molecule has 1 atom stereocenters. The lowest BCUT2D eigenvalue weighted by Crippen LogP contribution is -2.33. The lowest BCUT2D eigenvalue weighted by molar-refractivity contribution is -0.119. The molecule has 7 heteroatoms. The van der Waals surface area contributed by atoms with Gasteiger partial charge in [0, 0.05) is 11.4 Å². The Bertz CT molecular complexity index is 965. The van der Waals surface area contributed by atoms with E-state index < -0.39 is 0 Å². The van der Waals surface area contributed by atoms with Gasteiger partial charge in [0.15, 0.2) is 0 Å². The van der Waals surface area contributed by atoms with Crippen LogP contribution < -0.4 is 5.32 Å². The maximum atomic E-state index is 12.6. The standard InChI is InChI=1S/C21H27N5OS/c1-6-16-7-9-17(10-8-16)19(13(2)3)23-18(27)12-28-21-24-20-22-14(4)11-15(5)26(20)25-21/h7-11,13,19H,6,12H2,1-5H3,(H,23,27)/t19-/m1/s1. The predicted molar refractivity (Wildman–Crippen MR) is 113 cm³/mol. The Morgan fingerprint density at radius 3 is 2.54 bits per heavy atom. The summed E-state index contributed by atoms with van der Waals surface area (Å²) in [7, 11) is 0. The van der Waals surface area contributed by atoms with Crippen molar-refractivity contribution in [1.82, 2.24) is 24.9 Å². The van der Waals surface area contributed by atoms with E-state index >= 15 is 0 Å². The highest BCUT2D eigenvalue weighted by atomic mass is 32.2. The minimum Gasteiger partial charge on any atom is -0.348 e. The largest absolute Gasteiger partial charge is 0.348 e. The maximum Gasteiger partial charge on any atom is 0.253 e. The summed E-state index contributed by atoms with van der Waals surface area (Å²) < 4.78 is 1.71. The SMILES string of the molecule is CCc1ccc([C@H](NC(=O)CSc2nc3nc(C)cc(C)n3n2)C(C)C)cc1. The summed E-state index contributed by atoms with van der Waals surface area (Å²) in [5.41, 5.74) is 4.30. The number of nitrogens with one attached hydrogen (secondary N) is 1. The highest BCUT2D eigenvalue weighted by Gasteiger charge is 2.19. The molecular formula is C21H27N5OS. The molecule has 0 unspecified atom stereocenters. The molecule has 0 aliphatic carbocycles. The average molecular weight is 398 g/mol. The number of thioether (sulfide) groups is 1. The van der Waals surface area contributed by atoms with Crippen molar-refractivity contribution in [3.05, 3.63) is 52.8 Å². The number of rotatable bonds is 7. The molecule has 0 saturated carbocycles. The van der Waals surface area contributed by atoms with Gasteiger partial charge in [0.2, 0.25) is 11.1 Å². The van der Waals surface area contributed by atoms with Gasteiger partial charge >= 0.3 is 0 Å². The highest BCUT2D eigenvalue weighted by Crippen LogP contribution is 2.23. The number of nitrogens with zero attached hydrogens (tertiary/aromatic N) is 4. The molecule has 2 heterocycles. The van der Waals surface area contributed by atoms with Crippen molar-refractivity contribution in [2.75, 3.05) is 5.75 Å². The molecule has 28 heavy (non-hydrogen) atoms. The van der Waals surface area contributed by atoms with Gasteiger partial charge in [-0.2, -0.15) is 4.98 Å². The third-order valence-electron chi connectivity index (χ3n) is 4.66. The minimum absolute atomic E-state index is 0.0143. The van der Waals surface area contributed by atoms with Crippen LogP contribution in [-0.4, -0.2) is 31.2 Å². The molecule has 148 valence electrons. The Morgan fingerprint density at radius 2 is 1.89 bits per heavy atom. The second kappa shape index (κ2) is 8.73. The summed E-state index contributed by atoms with van der Waals surface area (Å²) in [6.07, 6.45) is 1.01. The molecule has 0 aliphatic heterocycles. The van der Waals surface area contributed by atoms with E-state index in [-0.39, 0.29) is 17.7 Å². The molecule has 2 aromatic heterocycles. The van der Waals surface area contributed by atoms with Crippen molar-refractivity contribution >= 4 is 23.4 Å². The molecule has 3 aromatic rings. The zero-order chi connectivity index (χ0) is 20.3. The van der Waals surface area contributed by atoms with Crippen LogP contribution in [0.1, 0.15) is 49.3 Å². The fourth-order valence-electron chi connectivity index (χ4n) is 3.15. The fraction of sp³-hybridized carbons (Fsp3) is 0.429. The molecule has 0 fully saturated rings. The first-order chi connectivity index (χ1) is 13.4. The number of benzene rings is 1. The first-order valence-corrected chi connectivity index (χ1v) is 10.6. The van der Waals surface area contributed by atoms with Crippen LogP contribution in [0.5, 0.6) is 0 Å². The number of hydrogen-bond acceptors (Lipinski definition) is 5. The summed E-state index contributed by atoms with van der Waals surface area (Å²) in [5, 5.41) is 8.16. The van der Waals surface area contributed by atoms with E-state index in [0.717, 1.165) is 23.4 Å². The van der Waals surface area contributed by atoms with Gasteiger partial charge in [-0.05, 0) is 43.4 Å². The minimum atomic E-state index is -0.0250. The highest BCUT2D eigenvalue weighted by molar-refractivity contribution is 7.99. The van der Waals surface area contributed by atoms with Crippen LogP contribution in [0.3, 0.4) is 0 Å². The van der Waals surface area contributed by atoms with E-state index in [1.807, 2.05) is 19.9 Å². The van der Waals surface area contributed by atoms with Crippen LogP contribution in [0.2, 0.25) is 0 Å². The van der Waals surface area contributed by atoms with Crippen molar-refractivity contribution in [2.45, 2.75) is 52.2 Å². The number of aryl methyl sites for hydroxylation is 3. The topological polar surface area (TPSA) is 72.2 Å². The number of aromatic nitrogens is 4. The number of hydrogen-bond donors (Lipinski definition) is 1. The first kappa shape index (κ1) is 20.3. The Kier molecular flexibility index (Phi) is 6.34. The molecule has 0 spiro atoms. The van der Waals surface area contributed by atoms with Gasteiger partial charge in [0.05, 0.1) is 11.8 Å². The molecule has 3 rings (SSSR count). The smallest absolute Gasteiger partial charge is 0.253 e. The van der Waals surface area contributed by atoms with Gasteiger partial charge < -0.3 is 5.32 Å². The van der Waals surface area contributed by atoms with Crippen molar-refractivity contribution in [1.29, 1.82) is 0 Å². The van der Waals surface area contributed by atoms with Gasteiger partial charge in [0.25, 0.3) is 5.78 Å². The second-order valence-corrected chi connectivity index (χ2v) is 8.26. The lowest BCUT2D eigenvalue weighted by atomic mass is 9.95. The van der Waals surface area contributed by atoms with Gasteiger partial charge in [-0.1, -0.05) is 56.8 Å². The van der Waals surface area contributed by atoms with Gasteiger partial charge in [-0.25, -0.2) is 9.50 Å². The Balaban J connectivity index is 1.65. The van der Waals surface area contributed by atoms with Crippen molar-refractivity contribution in [2.24, 2.45) is 5.92 Å². The van der Waals surface area contributed by atoms with E-state index in [9.17, 15) is 4.79 Å². The quantitative estimate of drug-likeness (QED) is 0.612. The van der Waals surface area contributed by atoms with E-state index in [1.165, 1.54) is 17.3 Å². The van der Waals surface area contributed by atoms with Gasteiger partial charge in [0.1, 0.15) is 0 Å². The molecule has 0 saturated heterocycles. The summed E-state index contributed by atoms with van der Waals surface area (Å²) in [4.78, 5) is 21.4. The van der Waals surface area contributed by atoms with E-state index in [1.54, 1.807) is 4.52 Å². The van der Waals surface area contributed by atoms with Crippen LogP contribution in [0, 0.1) is 19.8 Å². The number of fused-ring (bicyclic) bond motifs is 1. The normalized spacial score (nSPS) is 12.5. The summed E-state index contributed by atoms with van der Waals surface area (Å²) >= 11 is 1.33. The third-order valence-corrected chi connectivity index (χ3v) is 5.50. The van der Waals surface area contributed by atoms with E-state index in [0.29, 0.717) is 16.9 Å². The number of carbonyl (C=O) groups excluding carboxylic acids is 1. The van der Waals surface area contributed by atoms with E-state index in [4.69, 9.17) is 0 Å². The molecule has 1 amide bonds. The molecule has 1 N–H and O–H groups in total. The molecule has 0 radical (unpaired) electrons. The van der Waals surface area contributed by atoms with Crippen molar-refractivity contribution in [3.63, 3.8) is 0 Å². The van der Waals surface area contributed by atoms with Gasteiger partial charge in [-0.3, -0.25) is 4.79 Å². The van der Waals surface area contributed by atoms with Crippen LogP contribution in [0.15, 0.2) is 35.5 Å². The van der Waals surface area contributed by atoms with Crippen LogP contribution in [-0.2, 0) is 11.2 Å². The van der Waals surface area contributed by atoms with Crippen LogP contribution in [0.25, 0.3) is 5.78 Å². The molecule has 1 aromatic carbocycles. The van der Waals surface area contributed by atoms with Crippen molar-refractivity contribution < 1.29 is 4.79 Å². The molecule has 6 nitrogen and oxygen atoms in total. The zero-order valence-corrected chi connectivity index (χ0v) is 17.9. The Labute approximate surface area is 170 Å².